The molecule has 2 unspecified atom stereocenters. The van der Waals surface area contributed by atoms with Gasteiger partial charge in [-0.3, -0.25) is 0 Å². The number of alkyl halides is 3. The van der Waals surface area contributed by atoms with Crippen LogP contribution in [-0.4, -0.2) is 28.9 Å². The first-order valence-corrected chi connectivity index (χ1v) is 10.7. The zero-order chi connectivity index (χ0) is 21.3. The summed E-state index contributed by atoms with van der Waals surface area (Å²) in [5.41, 5.74) is 1.89. The largest absolute Gasteiger partial charge is 0.416 e. The standard InChI is InChI=1S/C22H24F3N3OS/c1-14-26-13-21-28(14)10-9-19(30-21)16-5-7-18(8-6-16)27-20(29)12-15-3-2-4-17(11-15)22(23,24)25/h2-5,7,9,11,13-14,20,26-27,29H,6,8,10,12H2,1H3. The summed E-state index contributed by atoms with van der Waals surface area (Å²) in [6.07, 6.45) is 5.01. The molecule has 4 nitrogen and oxygen atoms in total. The molecule has 2 heterocycles. The molecule has 30 heavy (non-hydrogen) atoms. The minimum absolute atomic E-state index is 0.105. The van der Waals surface area contributed by atoms with E-state index in [9.17, 15) is 18.3 Å². The predicted octanol–water partition coefficient (Wildman–Crippen LogP) is 4.44. The van der Waals surface area contributed by atoms with E-state index in [0.29, 0.717) is 11.7 Å². The van der Waals surface area contributed by atoms with E-state index < -0.39 is 18.0 Å². The number of hydrogen-bond donors (Lipinski definition) is 3. The highest BCUT2D eigenvalue weighted by molar-refractivity contribution is 8.06. The molecule has 1 aromatic carbocycles. The number of nitrogens with zero attached hydrogens (tertiary/aromatic N) is 1. The normalized spacial score (nSPS) is 22.3. The van der Waals surface area contributed by atoms with Crippen molar-refractivity contribution in [2.75, 3.05) is 6.54 Å². The number of aliphatic hydroxyl groups excluding tert-OH is 1. The highest BCUT2D eigenvalue weighted by Gasteiger charge is 2.30. The first-order valence-electron chi connectivity index (χ1n) is 9.91. The molecule has 1 aliphatic carbocycles. The minimum Gasteiger partial charge on any atom is -0.373 e. The van der Waals surface area contributed by atoms with E-state index in [1.165, 1.54) is 21.6 Å². The van der Waals surface area contributed by atoms with Crippen molar-refractivity contribution >= 4 is 11.8 Å². The molecule has 0 amide bonds. The molecule has 0 saturated heterocycles. The van der Waals surface area contributed by atoms with Crippen LogP contribution >= 0.6 is 11.8 Å². The van der Waals surface area contributed by atoms with Crippen LogP contribution in [0.2, 0.25) is 0 Å². The van der Waals surface area contributed by atoms with Gasteiger partial charge < -0.3 is 20.6 Å². The van der Waals surface area contributed by atoms with Crippen LogP contribution in [0, 0.1) is 0 Å². The maximum Gasteiger partial charge on any atom is 0.416 e. The van der Waals surface area contributed by atoms with Gasteiger partial charge in [-0.25, -0.2) is 0 Å². The number of rotatable bonds is 5. The van der Waals surface area contributed by atoms with Crippen LogP contribution in [-0.2, 0) is 12.6 Å². The molecule has 4 rings (SSSR count). The van der Waals surface area contributed by atoms with Gasteiger partial charge in [0, 0.05) is 29.8 Å². The molecular weight excluding hydrogens is 411 g/mol. The number of benzene rings is 1. The minimum atomic E-state index is -4.38. The Morgan fingerprint density at radius 3 is 2.87 bits per heavy atom. The molecule has 3 N–H and O–H groups in total. The van der Waals surface area contributed by atoms with Gasteiger partial charge in [0.1, 0.15) is 6.23 Å². The summed E-state index contributed by atoms with van der Waals surface area (Å²) in [6, 6.07) is 5.08. The Morgan fingerprint density at radius 2 is 2.13 bits per heavy atom. The van der Waals surface area contributed by atoms with E-state index in [1.54, 1.807) is 17.8 Å². The molecular formula is C22H24F3N3OS. The first kappa shape index (κ1) is 20.9. The van der Waals surface area contributed by atoms with Crippen molar-refractivity contribution in [3.05, 3.63) is 81.0 Å². The summed E-state index contributed by atoms with van der Waals surface area (Å²) >= 11 is 1.76. The van der Waals surface area contributed by atoms with Gasteiger partial charge in [0.2, 0.25) is 0 Å². The smallest absolute Gasteiger partial charge is 0.373 e. The number of halogens is 3. The average molecular weight is 436 g/mol. The summed E-state index contributed by atoms with van der Waals surface area (Å²) in [6.45, 7) is 3.01. The fraction of sp³-hybridized carbons (Fsp3) is 0.364. The molecule has 3 aliphatic rings. The third-order valence-electron chi connectivity index (χ3n) is 5.39. The Morgan fingerprint density at radius 1 is 1.30 bits per heavy atom. The number of thioether (sulfide) groups is 1. The fourth-order valence-electron chi connectivity index (χ4n) is 3.75. The second-order valence-electron chi connectivity index (χ2n) is 7.59. The van der Waals surface area contributed by atoms with E-state index in [-0.39, 0.29) is 6.42 Å². The maximum atomic E-state index is 12.8. The molecule has 0 aromatic heterocycles. The molecule has 0 fully saturated rings. The lowest BCUT2D eigenvalue weighted by molar-refractivity contribution is -0.137. The molecule has 0 bridgehead atoms. The zero-order valence-electron chi connectivity index (χ0n) is 16.5. The Kier molecular flexibility index (Phi) is 5.88. The van der Waals surface area contributed by atoms with E-state index in [0.717, 1.165) is 37.2 Å². The number of fused-ring (bicyclic) bond motifs is 1. The topological polar surface area (TPSA) is 47.5 Å². The van der Waals surface area contributed by atoms with Gasteiger partial charge in [-0.05, 0) is 43.0 Å². The van der Waals surface area contributed by atoms with E-state index in [2.05, 4.69) is 40.8 Å². The Bertz CT molecular complexity index is 936. The van der Waals surface area contributed by atoms with E-state index >= 15 is 0 Å². The van der Waals surface area contributed by atoms with Crippen molar-refractivity contribution in [2.24, 2.45) is 0 Å². The van der Waals surface area contributed by atoms with Crippen LogP contribution in [0.25, 0.3) is 0 Å². The van der Waals surface area contributed by atoms with Gasteiger partial charge in [0.25, 0.3) is 0 Å². The van der Waals surface area contributed by atoms with Crippen LogP contribution in [0.15, 0.2) is 69.9 Å². The van der Waals surface area contributed by atoms with Gasteiger partial charge in [0.15, 0.2) is 0 Å². The van der Waals surface area contributed by atoms with Crippen LogP contribution in [0.3, 0.4) is 0 Å². The number of nitrogens with one attached hydrogen (secondary N) is 2. The molecule has 0 saturated carbocycles. The molecule has 160 valence electrons. The van der Waals surface area contributed by atoms with Crippen LogP contribution in [0.1, 0.15) is 30.9 Å². The van der Waals surface area contributed by atoms with Crippen LogP contribution < -0.4 is 10.6 Å². The van der Waals surface area contributed by atoms with Gasteiger partial charge in [0.05, 0.1) is 16.8 Å². The van der Waals surface area contributed by atoms with Crippen LogP contribution in [0.4, 0.5) is 13.2 Å². The third-order valence-corrected chi connectivity index (χ3v) is 6.60. The average Bonchev–Trinajstić information content (AvgIpc) is 3.08. The second-order valence-corrected chi connectivity index (χ2v) is 8.66. The zero-order valence-corrected chi connectivity index (χ0v) is 17.4. The van der Waals surface area contributed by atoms with E-state index in [4.69, 9.17) is 0 Å². The second kappa shape index (κ2) is 8.43. The summed E-state index contributed by atoms with van der Waals surface area (Å²) < 4.78 is 38.5. The Hall–Kier alpha value is -2.32. The highest BCUT2D eigenvalue weighted by atomic mass is 32.2. The van der Waals surface area contributed by atoms with Crippen molar-refractivity contribution in [3.63, 3.8) is 0 Å². The number of allylic oxidation sites excluding steroid dienone is 4. The quantitative estimate of drug-likeness (QED) is 0.597. The monoisotopic (exact) mass is 435 g/mol. The molecule has 0 spiro atoms. The van der Waals surface area contributed by atoms with Crippen molar-refractivity contribution in [3.8, 4) is 0 Å². The van der Waals surface area contributed by atoms with Crippen molar-refractivity contribution in [1.82, 2.24) is 15.5 Å². The molecule has 2 aliphatic heterocycles. The number of aliphatic hydroxyl groups is 1. The first-order chi connectivity index (χ1) is 14.3. The van der Waals surface area contributed by atoms with E-state index in [1.807, 2.05) is 6.08 Å². The molecule has 1 aromatic rings. The lowest BCUT2D eigenvalue weighted by atomic mass is 10.0. The van der Waals surface area contributed by atoms with Gasteiger partial charge in [-0.15, -0.1) is 0 Å². The van der Waals surface area contributed by atoms with Crippen molar-refractivity contribution in [2.45, 2.75) is 44.8 Å². The van der Waals surface area contributed by atoms with Crippen molar-refractivity contribution < 1.29 is 18.3 Å². The number of hydrogen-bond acceptors (Lipinski definition) is 5. The fourth-order valence-corrected chi connectivity index (χ4v) is 4.91. The van der Waals surface area contributed by atoms with Crippen LogP contribution in [0.5, 0.6) is 0 Å². The molecule has 8 heteroatoms. The Labute approximate surface area is 178 Å². The molecule has 0 radical (unpaired) electrons. The van der Waals surface area contributed by atoms with Crippen molar-refractivity contribution in [1.29, 1.82) is 0 Å². The SMILES string of the molecule is CC1NC=C2SC(C3=CC=C(NC(O)Cc4cccc(C(F)(F)F)c4)CC3)=CCN21. The van der Waals surface area contributed by atoms with Gasteiger partial charge >= 0.3 is 6.18 Å². The summed E-state index contributed by atoms with van der Waals surface area (Å²) in [5, 5.41) is 17.9. The highest BCUT2D eigenvalue weighted by Crippen LogP contribution is 2.41. The molecule has 2 atom stereocenters. The lowest BCUT2D eigenvalue weighted by Crippen LogP contribution is -2.35. The summed E-state index contributed by atoms with van der Waals surface area (Å²) in [4.78, 5) is 3.57. The Balaban J connectivity index is 1.36. The lowest BCUT2D eigenvalue weighted by Gasteiger charge is -2.30. The van der Waals surface area contributed by atoms with Gasteiger partial charge in [-0.1, -0.05) is 42.1 Å². The van der Waals surface area contributed by atoms with Gasteiger partial charge in [-0.2, -0.15) is 13.2 Å². The summed E-state index contributed by atoms with van der Waals surface area (Å²) in [5.74, 6) is 0. The maximum absolute atomic E-state index is 12.8. The third kappa shape index (κ3) is 4.70. The summed E-state index contributed by atoms with van der Waals surface area (Å²) in [7, 11) is 0. The predicted molar refractivity (Wildman–Crippen MR) is 113 cm³/mol.